The van der Waals surface area contributed by atoms with Gasteiger partial charge in [-0.1, -0.05) is 65.7 Å². The molecule has 0 aromatic heterocycles. The van der Waals surface area contributed by atoms with Gasteiger partial charge in [0.05, 0.1) is 0 Å². The molecule has 0 aliphatic carbocycles. The molecule has 0 fully saturated rings. The Labute approximate surface area is 100 Å². The van der Waals surface area contributed by atoms with Crippen molar-refractivity contribution in [3.63, 3.8) is 0 Å². The molecule has 0 aliphatic heterocycles. The van der Waals surface area contributed by atoms with E-state index in [1.807, 2.05) is 0 Å². The van der Waals surface area contributed by atoms with Crippen molar-refractivity contribution in [1.82, 2.24) is 0 Å². The molecule has 0 heterocycles. The van der Waals surface area contributed by atoms with Crippen LogP contribution in [0.3, 0.4) is 0 Å². The SMILES string of the molecule is CCCCCC(C)CCCC.O=S(=O)(O)O. The number of unbranched alkanes of at least 4 members (excludes halogenated alkanes) is 3. The average Bonchev–Trinajstić information content (AvgIpc) is 2.12. The van der Waals surface area contributed by atoms with E-state index in [1.54, 1.807) is 0 Å². The van der Waals surface area contributed by atoms with Crippen LogP contribution in [0, 0.1) is 5.92 Å². The van der Waals surface area contributed by atoms with Crippen LogP contribution in [0.4, 0.5) is 0 Å². The molecule has 5 heteroatoms. The highest BCUT2D eigenvalue weighted by Crippen LogP contribution is 2.15. The summed E-state index contributed by atoms with van der Waals surface area (Å²) in [5.41, 5.74) is 0. The number of rotatable bonds is 7. The van der Waals surface area contributed by atoms with Gasteiger partial charge in [0.15, 0.2) is 0 Å². The first-order valence-electron chi connectivity index (χ1n) is 6.01. The molecule has 0 aliphatic rings. The van der Waals surface area contributed by atoms with Crippen molar-refractivity contribution in [3.05, 3.63) is 0 Å². The average molecular weight is 254 g/mol. The highest BCUT2D eigenvalue weighted by Gasteiger charge is 1.99. The van der Waals surface area contributed by atoms with Crippen LogP contribution in [0.15, 0.2) is 0 Å². The predicted octanol–water partition coefficient (Wildman–Crippen LogP) is 3.74. The molecule has 0 radical (unpaired) electrons. The van der Waals surface area contributed by atoms with Gasteiger partial charge in [0.25, 0.3) is 0 Å². The largest absolute Gasteiger partial charge is 0.394 e. The van der Waals surface area contributed by atoms with E-state index in [0.717, 1.165) is 5.92 Å². The van der Waals surface area contributed by atoms with Gasteiger partial charge in [-0.2, -0.15) is 8.42 Å². The summed E-state index contributed by atoms with van der Waals surface area (Å²) in [6.45, 7) is 6.95. The van der Waals surface area contributed by atoms with Gasteiger partial charge in [-0.3, -0.25) is 9.11 Å². The van der Waals surface area contributed by atoms with Gasteiger partial charge >= 0.3 is 10.4 Å². The quantitative estimate of drug-likeness (QED) is 0.536. The zero-order chi connectivity index (χ0) is 13.0. The Morgan fingerprint density at radius 2 is 1.31 bits per heavy atom. The summed E-state index contributed by atoms with van der Waals surface area (Å²) in [5.74, 6) is 0.974. The maximum Gasteiger partial charge on any atom is 0.394 e. The maximum absolute atomic E-state index is 8.74. The molecule has 0 aromatic rings. The second-order valence-corrected chi connectivity index (χ2v) is 5.09. The van der Waals surface area contributed by atoms with Crippen LogP contribution in [-0.4, -0.2) is 17.5 Å². The topological polar surface area (TPSA) is 74.6 Å². The molecule has 0 aromatic carbocycles. The summed E-state index contributed by atoms with van der Waals surface area (Å²) >= 11 is 0. The fraction of sp³-hybridized carbons (Fsp3) is 1.00. The van der Waals surface area contributed by atoms with E-state index in [0.29, 0.717) is 0 Å². The van der Waals surface area contributed by atoms with E-state index >= 15 is 0 Å². The van der Waals surface area contributed by atoms with Gasteiger partial charge in [-0.25, -0.2) is 0 Å². The first kappa shape index (κ1) is 18.2. The van der Waals surface area contributed by atoms with Crippen LogP contribution in [0.2, 0.25) is 0 Å². The Kier molecular flexibility index (Phi) is 12.9. The third-order valence-corrected chi connectivity index (χ3v) is 2.35. The molecule has 0 saturated heterocycles. The Bertz CT molecular complexity index is 216. The fourth-order valence-electron chi connectivity index (χ4n) is 1.44. The van der Waals surface area contributed by atoms with Crippen molar-refractivity contribution >= 4 is 10.4 Å². The van der Waals surface area contributed by atoms with E-state index in [4.69, 9.17) is 17.5 Å². The molecule has 16 heavy (non-hydrogen) atoms. The van der Waals surface area contributed by atoms with Crippen LogP contribution in [0.25, 0.3) is 0 Å². The van der Waals surface area contributed by atoms with E-state index < -0.39 is 10.4 Å². The van der Waals surface area contributed by atoms with E-state index in [-0.39, 0.29) is 0 Å². The third-order valence-electron chi connectivity index (χ3n) is 2.35. The van der Waals surface area contributed by atoms with Gasteiger partial charge < -0.3 is 0 Å². The maximum atomic E-state index is 8.74. The second kappa shape index (κ2) is 11.4. The molecule has 2 N–H and O–H groups in total. The standard InChI is InChI=1S/C11H24.H2O4S/c1-4-6-8-10-11(3)9-7-5-2;1-5(2,3)4/h11H,4-10H2,1-3H3;(H2,1,2,3,4). The fourth-order valence-corrected chi connectivity index (χ4v) is 1.44. The van der Waals surface area contributed by atoms with Gasteiger partial charge in [-0.05, 0) is 5.92 Å². The number of hydrogen-bond donors (Lipinski definition) is 2. The van der Waals surface area contributed by atoms with Crippen LogP contribution < -0.4 is 0 Å². The zero-order valence-corrected chi connectivity index (χ0v) is 11.5. The minimum atomic E-state index is -4.67. The molecule has 100 valence electrons. The zero-order valence-electron chi connectivity index (χ0n) is 10.6. The lowest BCUT2D eigenvalue weighted by Gasteiger charge is -2.09. The van der Waals surface area contributed by atoms with E-state index in [2.05, 4.69) is 20.8 Å². The monoisotopic (exact) mass is 254 g/mol. The molecule has 0 saturated carbocycles. The lowest BCUT2D eigenvalue weighted by atomic mass is 9.98. The molecule has 0 amide bonds. The number of hydrogen-bond acceptors (Lipinski definition) is 2. The van der Waals surface area contributed by atoms with Crippen LogP contribution >= 0.6 is 0 Å². The molecule has 0 spiro atoms. The van der Waals surface area contributed by atoms with Gasteiger partial charge in [0.2, 0.25) is 0 Å². The first-order valence-corrected chi connectivity index (χ1v) is 7.40. The van der Waals surface area contributed by atoms with E-state index in [1.165, 1.54) is 44.9 Å². The molecule has 0 bridgehead atoms. The Balaban J connectivity index is 0. The van der Waals surface area contributed by atoms with E-state index in [9.17, 15) is 0 Å². The van der Waals surface area contributed by atoms with Crippen LogP contribution in [0.5, 0.6) is 0 Å². The molecular formula is C11H26O4S. The first-order chi connectivity index (χ1) is 7.31. The van der Waals surface area contributed by atoms with Crippen molar-refractivity contribution in [3.8, 4) is 0 Å². The smallest absolute Gasteiger partial charge is 0.264 e. The van der Waals surface area contributed by atoms with Gasteiger partial charge in [0.1, 0.15) is 0 Å². The van der Waals surface area contributed by atoms with Crippen molar-refractivity contribution in [1.29, 1.82) is 0 Å². The summed E-state index contributed by atoms with van der Waals surface area (Å²) in [6.07, 6.45) is 9.91. The highest BCUT2D eigenvalue weighted by molar-refractivity contribution is 7.79. The Morgan fingerprint density at radius 1 is 0.938 bits per heavy atom. The van der Waals surface area contributed by atoms with Crippen molar-refractivity contribution < 1.29 is 17.5 Å². The molecule has 4 nitrogen and oxygen atoms in total. The van der Waals surface area contributed by atoms with Crippen molar-refractivity contribution in [2.75, 3.05) is 0 Å². The second-order valence-electron chi connectivity index (χ2n) is 4.19. The van der Waals surface area contributed by atoms with Crippen molar-refractivity contribution in [2.24, 2.45) is 5.92 Å². The summed E-state index contributed by atoms with van der Waals surface area (Å²) in [5, 5.41) is 0. The minimum absolute atomic E-state index is 0.974. The molecule has 1 unspecified atom stereocenters. The van der Waals surface area contributed by atoms with Gasteiger partial charge in [-0.15, -0.1) is 0 Å². The summed E-state index contributed by atoms with van der Waals surface area (Å²) < 4.78 is 31.6. The van der Waals surface area contributed by atoms with Crippen LogP contribution in [0.1, 0.15) is 65.7 Å². The molecule has 1 atom stereocenters. The lowest BCUT2D eigenvalue weighted by molar-refractivity contribution is 0.381. The highest BCUT2D eigenvalue weighted by atomic mass is 32.3. The summed E-state index contributed by atoms with van der Waals surface area (Å²) in [6, 6.07) is 0. The lowest BCUT2D eigenvalue weighted by Crippen LogP contribution is -1.93. The van der Waals surface area contributed by atoms with Crippen molar-refractivity contribution in [2.45, 2.75) is 65.7 Å². The molecule has 0 rings (SSSR count). The minimum Gasteiger partial charge on any atom is -0.264 e. The third kappa shape index (κ3) is 29.2. The summed E-state index contributed by atoms with van der Waals surface area (Å²) in [7, 11) is -4.67. The summed E-state index contributed by atoms with van der Waals surface area (Å²) in [4.78, 5) is 0. The normalized spacial score (nSPS) is 12.8. The Hall–Kier alpha value is -0.130. The van der Waals surface area contributed by atoms with Crippen LogP contribution in [-0.2, 0) is 10.4 Å². The van der Waals surface area contributed by atoms with Gasteiger partial charge in [0, 0.05) is 0 Å². The Morgan fingerprint density at radius 3 is 1.69 bits per heavy atom. The predicted molar refractivity (Wildman–Crippen MR) is 67.0 cm³/mol. The molecular weight excluding hydrogens is 228 g/mol.